The van der Waals surface area contributed by atoms with Gasteiger partial charge in [-0.15, -0.1) is 0 Å². The average Bonchev–Trinajstić information content (AvgIpc) is 2.44. The Morgan fingerprint density at radius 2 is 2.20 bits per heavy atom. The summed E-state index contributed by atoms with van der Waals surface area (Å²) in [6.45, 7) is 3.75. The fourth-order valence-electron chi connectivity index (χ4n) is 1.94. The summed E-state index contributed by atoms with van der Waals surface area (Å²) in [6.07, 6.45) is 3.45. The lowest BCUT2D eigenvalue weighted by Crippen LogP contribution is -2.26. The molecule has 0 saturated carbocycles. The summed E-state index contributed by atoms with van der Waals surface area (Å²) in [5.74, 6) is -0.00174. The number of rotatable bonds is 6. The summed E-state index contributed by atoms with van der Waals surface area (Å²) in [7, 11) is 0. The smallest absolute Gasteiger partial charge is 0.303 e. The minimum atomic E-state index is -0.735. The molecule has 0 bridgehead atoms. The second-order valence-electron chi connectivity index (χ2n) is 4.35. The maximum atomic E-state index is 11.4. The van der Waals surface area contributed by atoms with Crippen LogP contribution < -0.4 is 0 Å². The van der Waals surface area contributed by atoms with Crippen molar-refractivity contribution < 1.29 is 14.7 Å². The summed E-state index contributed by atoms with van der Waals surface area (Å²) < 4.78 is 0. The first-order chi connectivity index (χ1) is 7.09. The molecule has 0 radical (unpaired) electrons. The third-order valence-electron chi connectivity index (χ3n) is 2.73. The first-order valence-corrected chi connectivity index (χ1v) is 5.59. The largest absolute Gasteiger partial charge is 0.481 e. The summed E-state index contributed by atoms with van der Waals surface area (Å²) >= 11 is 0. The van der Waals surface area contributed by atoms with Gasteiger partial charge in [0.2, 0.25) is 5.91 Å². The van der Waals surface area contributed by atoms with E-state index in [1.165, 1.54) is 0 Å². The molecule has 4 heteroatoms. The van der Waals surface area contributed by atoms with E-state index in [0.29, 0.717) is 18.8 Å². The monoisotopic (exact) mass is 213 g/mol. The number of carbonyl (C=O) groups excluding carboxylic acids is 1. The molecule has 1 saturated heterocycles. The number of amides is 1. The van der Waals surface area contributed by atoms with Gasteiger partial charge in [-0.1, -0.05) is 13.3 Å². The van der Waals surface area contributed by atoms with Gasteiger partial charge in [0.25, 0.3) is 0 Å². The van der Waals surface area contributed by atoms with Crippen LogP contribution in [0.5, 0.6) is 0 Å². The van der Waals surface area contributed by atoms with Gasteiger partial charge in [0.1, 0.15) is 0 Å². The molecule has 1 aliphatic rings. The number of carboxylic acids is 1. The predicted molar refractivity (Wildman–Crippen MR) is 56.5 cm³/mol. The molecule has 0 aromatic rings. The van der Waals surface area contributed by atoms with Crippen LogP contribution in [0.4, 0.5) is 0 Å². The first kappa shape index (κ1) is 12.0. The molecule has 0 aliphatic carbocycles. The molecule has 1 atom stereocenters. The van der Waals surface area contributed by atoms with Gasteiger partial charge in [0.15, 0.2) is 0 Å². The Labute approximate surface area is 90.3 Å². The average molecular weight is 213 g/mol. The van der Waals surface area contributed by atoms with Gasteiger partial charge in [0.05, 0.1) is 0 Å². The second kappa shape index (κ2) is 5.73. The quantitative estimate of drug-likeness (QED) is 0.680. The van der Waals surface area contributed by atoms with E-state index in [1.54, 1.807) is 0 Å². The van der Waals surface area contributed by atoms with Gasteiger partial charge in [-0.05, 0) is 18.8 Å². The number of likely N-dealkylation sites (tertiary alicyclic amines) is 1. The molecule has 1 unspecified atom stereocenters. The van der Waals surface area contributed by atoms with Crippen molar-refractivity contribution in [3.8, 4) is 0 Å². The second-order valence-corrected chi connectivity index (χ2v) is 4.35. The van der Waals surface area contributed by atoms with Gasteiger partial charge in [-0.3, -0.25) is 9.59 Å². The Balaban J connectivity index is 2.05. The highest BCUT2D eigenvalue weighted by atomic mass is 16.4. The van der Waals surface area contributed by atoms with E-state index in [4.69, 9.17) is 5.11 Å². The molecule has 1 amide bonds. The highest BCUT2D eigenvalue weighted by Crippen LogP contribution is 2.17. The molecular weight excluding hydrogens is 194 g/mol. The Morgan fingerprint density at radius 3 is 2.73 bits per heavy atom. The number of hydrogen-bond donors (Lipinski definition) is 1. The normalized spacial score (nSPS) is 21.0. The van der Waals surface area contributed by atoms with Crippen LogP contribution in [0.2, 0.25) is 0 Å². The van der Waals surface area contributed by atoms with Crippen molar-refractivity contribution in [1.29, 1.82) is 0 Å². The van der Waals surface area contributed by atoms with Crippen molar-refractivity contribution in [3.05, 3.63) is 0 Å². The topological polar surface area (TPSA) is 57.6 Å². The molecule has 4 nitrogen and oxygen atoms in total. The maximum Gasteiger partial charge on any atom is 0.303 e. The fourth-order valence-corrected chi connectivity index (χ4v) is 1.94. The molecule has 15 heavy (non-hydrogen) atoms. The summed E-state index contributed by atoms with van der Waals surface area (Å²) in [5, 5.41) is 8.44. The number of unbranched alkanes of at least 4 members (excludes halogenated alkanes) is 2. The molecule has 1 N–H and O–H groups in total. The third-order valence-corrected chi connectivity index (χ3v) is 2.73. The molecule has 1 heterocycles. The van der Waals surface area contributed by atoms with Crippen LogP contribution in [0, 0.1) is 5.92 Å². The number of nitrogens with zero attached hydrogens (tertiary/aromatic N) is 1. The van der Waals surface area contributed by atoms with E-state index in [1.807, 2.05) is 4.90 Å². The fraction of sp³-hybridized carbons (Fsp3) is 0.818. The Hall–Kier alpha value is -1.06. The lowest BCUT2D eigenvalue weighted by molar-refractivity contribution is -0.137. The van der Waals surface area contributed by atoms with Gasteiger partial charge >= 0.3 is 5.97 Å². The molecule has 0 aromatic carbocycles. The minimum Gasteiger partial charge on any atom is -0.481 e. The predicted octanol–water partition coefficient (Wildman–Crippen LogP) is 1.50. The van der Waals surface area contributed by atoms with Crippen LogP contribution in [0.1, 0.15) is 39.0 Å². The maximum absolute atomic E-state index is 11.4. The summed E-state index contributed by atoms with van der Waals surface area (Å²) in [5.41, 5.74) is 0. The van der Waals surface area contributed by atoms with E-state index in [9.17, 15) is 9.59 Å². The third kappa shape index (κ3) is 4.32. The Bertz CT molecular complexity index is 240. The van der Waals surface area contributed by atoms with Crippen molar-refractivity contribution >= 4 is 11.9 Å². The molecule has 0 aromatic heterocycles. The number of aliphatic carboxylic acids is 1. The van der Waals surface area contributed by atoms with Gasteiger partial charge in [0, 0.05) is 25.9 Å². The number of carbonyl (C=O) groups is 2. The SMILES string of the molecule is CC1CC(=O)N(CCCCCC(=O)O)C1. The van der Waals surface area contributed by atoms with Crippen LogP contribution in [-0.4, -0.2) is 35.0 Å². The molecule has 1 rings (SSSR count). The lowest BCUT2D eigenvalue weighted by atomic mass is 10.2. The Morgan fingerprint density at radius 1 is 1.47 bits per heavy atom. The van der Waals surface area contributed by atoms with Crippen LogP contribution in [0.15, 0.2) is 0 Å². The van der Waals surface area contributed by atoms with E-state index >= 15 is 0 Å². The zero-order valence-electron chi connectivity index (χ0n) is 9.24. The summed E-state index contributed by atoms with van der Waals surface area (Å²) in [4.78, 5) is 23.5. The highest BCUT2D eigenvalue weighted by molar-refractivity contribution is 5.78. The van der Waals surface area contributed by atoms with Gasteiger partial charge in [-0.25, -0.2) is 0 Å². The van der Waals surface area contributed by atoms with E-state index in [2.05, 4.69) is 6.92 Å². The number of hydrogen-bond acceptors (Lipinski definition) is 2. The zero-order chi connectivity index (χ0) is 11.3. The highest BCUT2D eigenvalue weighted by Gasteiger charge is 2.25. The van der Waals surface area contributed by atoms with E-state index < -0.39 is 5.97 Å². The van der Waals surface area contributed by atoms with Crippen molar-refractivity contribution in [3.63, 3.8) is 0 Å². The minimum absolute atomic E-state index is 0.240. The number of carboxylic acid groups (broad SMARTS) is 1. The zero-order valence-corrected chi connectivity index (χ0v) is 9.24. The van der Waals surface area contributed by atoms with Crippen molar-refractivity contribution in [2.45, 2.75) is 39.0 Å². The molecular formula is C11H19NO3. The first-order valence-electron chi connectivity index (χ1n) is 5.59. The molecule has 1 aliphatic heterocycles. The van der Waals surface area contributed by atoms with Gasteiger partial charge in [-0.2, -0.15) is 0 Å². The van der Waals surface area contributed by atoms with Crippen molar-refractivity contribution in [2.75, 3.05) is 13.1 Å². The molecule has 86 valence electrons. The van der Waals surface area contributed by atoms with Crippen molar-refractivity contribution in [1.82, 2.24) is 4.90 Å². The van der Waals surface area contributed by atoms with Crippen LogP contribution >= 0.6 is 0 Å². The van der Waals surface area contributed by atoms with Crippen LogP contribution in [0.25, 0.3) is 0 Å². The van der Waals surface area contributed by atoms with Crippen LogP contribution in [-0.2, 0) is 9.59 Å². The molecule has 0 spiro atoms. The van der Waals surface area contributed by atoms with E-state index in [-0.39, 0.29) is 12.3 Å². The standard InChI is InChI=1S/C11H19NO3/c1-9-7-10(13)12(8-9)6-4-2-3-5-11(14)15/h9H,2-8H2,1H3,(H,14,15). The van der Waals surface area contributed by atoms with Gasteiger partial charge < -0.3 is 10.0 Å². The molecule has 1 fully saturated rings. The van der Waals surface area contributed by atoms with Crippen LogP contribution in [0.3, 0.4) is 0 Å². The van der Waals surface area contributed by atoms with E-state index in [0.717, 1.165) is 25.9 Å². The lowest BCUT2D eigenvalue weighted by Gasteiger charge is -2.15. The Kier molecular flexibility index (Phi) is 4.59. The van der Waals surface area contributed by atoms with Crippen molar-refractivity contribution in [2.24, 2.45) is 5.92 Å². The summed E-state index contributed by atoms with van der Waals surface area (Å²) in [6, 6.07) is 0.